The van der Waals surface area contributed by atoms with Crippen molar-refractivity contribution in [2.45, 2.75) is 19.4 Å². The molecule has 1 aliphatic rings. The Labute approximate surface area is 157 Å². The molecule has 6 heteroatoms. The Morgan fingerprint density at radius 3 is 2.73 bits per heavy atom. The molecule has 4 rings (SSSR count). The van der Waals surface area contributed by atoms with Gasteiger partial charge in [0.15, 0.2) is 5.76 Å². The Morgan fingerprint density at radius 2 is 2.00 bits per heavy atom. The number of amides is 1. The zero-order chi connectivity index (χ0) is 17.9. The number of benzene rings is 1. The van der Waals surface area contributed by atoms with Crippen LogP contribution in [0, 0.1) is 5.92 Å². The van der Waals surface area contributed by atoms with Gasteiger partial charge in [-0.2, -0.15) is 0 Å². The average Bonchev–Trinajstić information content (AvgIpc) is 3.34. The zero-order valence-corrected chi connectivity index (χ0v) is 15.1. The fourth-order valence-electron chi connectivity index (χ4n) is 3.43. The van der Waals surface area contributed by atoms with E-state index in [1.165, 1.54) is 0 Å². The molecule has 0 radical (unpaired) electrons. The number of nitrogens with zero attached hydrogens (tertiary/aromatic N) is 3. The molecule has 1 amide bonds. The van der Waals surface area contributed by atoms with Gasteiger partial charge in [0.1, 0.15) is 5.76 Å². The third kappa shape index (κ3) is 3.53. The first kappa shape index (κ1) is 16.9. The van der Waals surface area contributed by atoms with Gasteiger partial charge in [0.25, 0.3) is 5.91 Å². The summed E-state index contributed by atoms with van der Waals surface area (Å²) in [6.07, 6.45) is 7.60. The van der Waals surface area contributed by atoms with E-state index in [1.54, 1.807) is 18.3 Å². The van der Waals surface area contributed by atoms with E-state index in [9.17, 15) is 4.79 Å². The Balaban J connectivity index is 1.39. The molecule has 0 atom stereocenters. The minimum absolute atomic E-state index is 0.0515. The summed E-state index contributed by atoms with van der Waals surface area (Å²) in [5.41, 5.74) is 0.798. The molecule has 0 N–H and O–H groups in total. The molecule has 0 saturated carbocycles. The Kier molecular flexibility index (Phi) is 4.80. The smallest absolute Gasteiger partial charge is 0.289 e. The van der Waals surface area contributed by atoms with Crippen molar-refractivity contribution >= 4 is 17.5 Å². The number of furan rings is 1. The predicted molar refractivity (Wildman–Crippen MR) is 100 cm³/mol. The van der Waals surface area contributed by atoms with Crippen LogP contribution in [0.1, 0.15) is 23.4 Å². The van der Waals surface area contributed by atoms with Crippen LogP contribution in [0.3, 0.4) is 0 Å². The van der Waals surface area contributed by atoms with Gasteiger partial charge >= 0.3 is 0 Å². The van der Waals surface area contributed by atoms with E-state index in [-0.39, 0.29) is 5.91 Å². The van der Waals surface area contributed by atoms with Crippen LogP contribution in [0.4, 0.5) is 0 Å². The van der Waals surface area contributed by atoms with E-state index < -0.39 is 0 Å². The first-order valence-electron chi connectivity index (χ1n) is 8.80. The highest BCUT2D eigenvalue weighted by Crippen LogP contribution is 2.30. The van der Waals surface area contributed by atoms with Gasteiger partial charge in [-0.05, 0) is 43.0 Å². The number of halogens is 1. The van der Waals surface area contributed by atoms with Crippen LogP contribution in [0.15, 0.2) is 59.5 Å². The minimum Gasteiger partial charge on any atom is -0.451 e. The predicted octanol–water partition coefficient (Wildman–Crippen LogP) is 4.35. The average molecular weight is 370 g/mol. The molecule has 5 nitrogen and oxygen atoms in total. The number of likely N-dealkylation sites (tertiary alicyclic amines) is 1. The van der Waals surface area contributed by atoms with Gasteiger partial charge in [-0.15, -0.1) is 0 Å². The van der Waals surface area contributed by atoms with Crippen LogP contribution >= 0.6 is 11.6 Å². The van der Waals surface area contributed by atoms with Crippen LogP contribution in [0.2, 0.25) is 5.02 Å². The largest absolute Gasteiger partial charge is 0.451 e. The standard InChI is InChI=1S/C20H20ClN3O2/c21-17-4-2-1-3-16(17)18-5-6-19(26-18)20(25)24-10-7-15(8-11-24)13-23-12-9-22-14-23/h1-6,9,12,14-15H,7-8,10-11,13H2. The lowest BCUT2D eigenvalue weighted by Crippen LogP contribution is -2.39. The van der Waals surface area contributed by atoms with Crippen LogP contribution in [0.5, 0.6) is 0 Å². The zero-order valence-electron chi connectivity index (χ0n) is 14.3. The van der Waals surface area contributed by atoms with Crippen LogP contribution in [0.25, 0.3) is 11.3 Å². The lowest BCUT2D eigenvalue weighted by atomic mass is 9.96. The summed E-state index contributed by atoms with van der Waals surface area (Å²) in [7, 11) is 0. The summed E-state index contributed by atoms with van der Waals surface area (Å²) in [6, 6.07) is 11.0. The molecule has 1 fully saturated rings. The highest BCUT2D eigenvalue weighted by molar-refractivity contribution is 6.33. The summed E-state index contributed by atoms with van der Waals surface area (Å²) in [4.78, 5) is 18.7. The van der Waals surface area contributed by atoms with Crippen molar-refractivity contribution in [3.63, 3.8) is 0 Å². The summed E-state index contributed by atoms with van der Waals surface area (Å²) in [5, 5.41) is 0.612. The Hall–Kier alpha value is -2.53. The van der Waals surface area contributed by atoms with Crippen LogP contribution in [-0.4, -0.2) is 33.4 Å². The summed E-state index contributed by atoms with van der Waals surface area (Å²) >= 11 is 6.21. The monoisotopic (exact) mass is 369 g/mol. The molecule has 0 aliphatic carbocycles. The molecule has 1 aliphatic heterocycles. The fraction of sp³-hybridized carbons (Fsp3) is 0.300. The first-order chi connectivity index (χ1) is 12.7. The van der Waals surface area contributed by atoms with Crippen molar-refractivity contribution in [1.29, 1.82) is 0 Å². The molecular weight excluding hydrogens is 350 g/mol. The maximum Gasteiger partial charge on any atom is 0.289 e. The van der Waals surface area contributed by atoms with E-state index in [4.69, 9.17) is 16.0 Å². The first-order valence-corrected chi connectivity index (χ1v) is 9.18. The molecular formula is C20H20ClN3O2. The second-order valence-electron chi connectivity index (χ2n) is 6.64. The third-order valence-corrected chi connectivity index (χ3v) is 5.22. The van der Waals surface area contributed by atoms with E-state index in [2.05, 4.69) is 9.55 Å². The van der Waals surface area contributed by atoms with Gasteiger partial charge in [0, 0.05) is 37.6 Å². The van der Waals surface area contributed by atoms with Crippen molar-refractivity contribution in [3.8, 4) is 11.3 Å². The number of aromatic nitrogens is 2. The molecule has 2 aromatic heterocycles. The number of carbonyl (C=O) groups excluding carboxylic acids is 1. The quantitative estimate of drug-likeness (QED) is 0.687. The molecule has 134 valence electrons. The molecule has 1 saturated heterocycles. The second kappa shape index (κ2) is 7.38. The highest BCUT2D eigenvalue weighted by Gasteiger charge is 2.26. The van der Waals surface area contributed by atoms with E-state index >= 15 is 0 Å². The summed E-state index contributed by atoms with van der Waals surface area (Å²) in [6.45, 7) is 2.46. The molecule has 3 aromatic rings. The Bertz CT molecular complexity index is 880. The van der Waals surface area contributed by atoms with Gasteiger partial charge in [-0.1, -0.05) is 23.7 Å². The normalized spacial score (nSPS) is 15.3. The number of hydrogen-bond donors (Lipinski definition) is 0. The van der Waals surface area contributed by atoms with Gasteiger partial charge in [0.2, 0.25) is 0 Å². The third-order valence-electron chi connectivity index (χ3n) is 4.89. The minimum atomic E-state index is -0.0515. The molecule has 3 heterocycles. The fourth-order valence-corrected chi connectivity index (χ4v) is 3.65. The number of rotatable bonds is 4. The van der Waals surface area contributed by atoms with E-state index in [1.807, 2.05) is 41.7 Å². The lowest BCUT2D eigenvalue weighted by molar-refractivity contribution is 0.0652. The molecule has 0 spiro atoms. The van der Waals surface area contributed by atoms with Crippen molar-refractivity contribution in [2.24, 2.45) is 5.92 Å². The number of carbonyl (C=O) groups is 1. The lowest BCUT2D eigenvalue weighted by Gasteiger charge is -2.31. The van der Waals surface area contributed by atoms with Crippen molar-refractivity contribution in [3.05, 3.63) is 65.9 Å². The van der Waals surface area contributed by atoms with E-state index in [0.717, 1.165) is 38.0 Å². The van der Waals surface area contributed by atoms with Crippen molar-refractivity contribution in [1.82, 2.24) is 14.5 Å². The van der Waals surface area contributed by atoms with Crippen molar-refractivity contribution < 1.29 is 9.21 Å². The number of hydrogen-bond acceptors (Lipinski definition) is 3. The second-order valence-corrected chi connectivity index (χ2v) is 7.05. The summed E-state index contributed by atoms with van der Waals surface area (Å²) < 4.78 is 7.89. The molecule has 1 aromatic carbocycles. The number of piperidine rings is 1. The van der Waals surface area contributed by atoms with Gasteiger partial charge in [-0.3, -0.25) is 4.79 Å². The molecule has 0 bridgehead atoms. The van der Waals surface area contributed by atoms with Crippen LogP contribution < -0.4 is 0 Å². The van der Waals surface area contributed by atoms with E-state index in [0.29, 0.717) is 22.5 Å². The Morgan fingerprint density at radius 1 is 1.19 bits per heavy atom. The van der Waals surface area contributed by atoms with Gasteiger partial charge in [0.05, 0.1) is 11.3 Å². The maximum atomic E-state index is 12.7. The van der Waals surface area contributed by atoms with Crippen LogP contribution in [-0.2, 0) is 6.54 Å². The molecule has 0 unspecified atom stereocenters. The van der Waals surface area contributed by atoms with Gasteiger partial charge < -0.3 is 13.9 Å². The number of imidazole rings is 1. The SMILES string of the molecule is O=C(c1ccc(-c2ccccc2Cl)o1)N1CCC(Cn2ccnc2)CC1. The maximum absolute atomic E-state index is 12.7. The highest BCUT2D eigenvalue weighted by atomic mass is 35.5. The molecule has 26 heavy (non-hydrogen) atoms. The topological polar surface area (TPSA) is 51.3 Å². The summed E-state index contributed by atoms with van der Waals surface area (Å²) in [5.74, 6) is 1.51. The van der Waals surface area contributed by atoms with Crippen molar-refractivity contribution in [2.75, 3.05) is 13.1 Å². The van der Waals surface area contributed by atoms with Gasteiger partial charge in [-0.25, -0.2) is 4.98 Å².